The van der Waals surface area contributed by atoms with Crippen molar-refractivity contribution in [2.24, 2.45) is 0 Å². The van der Waals surface area contributed by atoms with Crippen LogP contribution in [0, 0.1) is 0 Å². The topological polar surface area (TPSA) is 38.3 Å². The molecule has 0 aliphatic rings. The molecular weight excluding hydrogens is 270 g/mol. The smallest absolute Gasteiger partial charge is 0.411 e. The van der Waals surface area contributed by atoms with E-state index in [9.17, 15) is 4.79 Å². The average Bonchev–Trinajstić information content (AvgIpc) is 2.47. The number of anilines is 1. The number of thiol groups is 1. The van der Waals surface area contributed by atoms with Crippen molar-refractivity contribution in [1.82, 2.24) is 0 Å². The van der Waals surface area contributed by atoms with Crippen LogP contribution in [0.1, 0.15) is 5.56 Å². The van der Waals surface area contributed by atoms with Gasteiger partial charge in [-0.05, 0) is 47.2 Å². The molecule has 0 saturated heterocycles. The van der Waals surface area contributed by atoms with Crippen LogP contribution in [-0.2, 0) is 11.3 Å². The highest BCUT2D eigenvalue weighted by Gasteiger charge is 2.04. The predicted octanol–water partition coefficient (Wildman–Crippen LogP) is 4.06. The first-order chi connectivity index (χ1) is 9.65. The molecule has 1 N–H and O–H groups in total. The fourth-order valence-electron chi connectivity index (χ4n) is 1.72. The van der Waals surface area contributed by atoms with Crippen LogP contribution in [-0.4, -0.2) is 18.6 Å². The zero-order valence-corrected chi connectivity index (χ0v) is 12.6. The molecule has 0 spiro atoms. The van der Waals surface area contributed by atoms with Crippen LogP contribution in [0.5, 0.6) is 0 Å². The van der Waals surface area contributed by atoms with Crippen LogP contribution >= 0.6 is 10.9 Å². The molecule has 0 aliphatic heterocycles. The minimum Gasteiger partial charge on any atom is -0.444 e. The van der Waals surface area contributed by atoms with Crippen molar-refractivity contribution in [2.75, 3.05) is 17.8 Å². The van der Waals surface area contributed by atoms with Crippen LogP contribution < -0.4 is 5.32 Å². The molecular formula is C16H19NO2S. The van der Waals surface area contributed by atoms with E-state index in [0.29, 0.717) is 0 Å². The maximum atomic E-state index is 11.7. The van der Waals surface area contributed by atoms with Gasteiger partial charge < -0.3 is 4.74 Å². The summed E-state index contributed by atoms with van der Waals surface area (Å²) in [7, 11) is -0.109. The van der Waals surface area contributed by atoms with Gasteiger partial charge in [-0.3, -0.25) is 5.32 Å². The van der Waals surface area contributed by atoms with Crippen molar-refractivity contribution < 1.29 is 9.53 Å². The van der Waals surface area contributed by atoms with Crippen molar-refractivity contribution >= 4 is 22.7 Å². The van der Waals surface area contributed by atoms with Crippen LogP contribution in [0.15, 0.2) is 59.5 Å². The van der Waals surface area contributed by atoms with Gasteiger partial charge in [-0.15, -0.1) is 0 Å². The molecule has 0 radical (unpaired) electrons. The van der Waals surface area contributed by atoms with Gasteiger partial charge in [-0.25, -0.2) is 15.7 Å². The number of hydrogen-bond donors (Lipinski definition) is 2. The van der Waals surface area contributed by atoms with Gasteiger partial charge >= 0.3 is 6.09 Å². The molecule has 0 saturated carbocycles. The monoisotopic (exact) mass is 289 g/mol. The van der Waals surface area contributed by atoms with Gasteiger partial charge in [-0.1, -0.05) is 30.3 Å². The lowest BCUT2D eigenvalue weighted by atomic mass is 10.2. The van der Waals surface area contributed by atoms with Gasteiger partial charge in [0.1, 0.15) is 6.61 Å². The van der Waals surface area contributed by atoms with Crippen LogP contribution in [0.4, 0.5) is 10.5 Å². The Morgan fingerprint density at radius 2 is 1.70 bits per heavy atom. The minimum absolute atomic E-state index is 0.109. The van der Waals surface area contributed by atoms with Gasteiger partial charge in [0.2, 0.25) is 0 Å². The Morgan fingerprint density at radius 1 is 1.05 bits per heavy atom. The van der Waals surface area contributed by atoms with E-state index in [2.05, 4.69) is 17.8 Å². The number of rotatable bonds is 4. The molecule has 1 amide bonds. The molecule has 20 heavy (non-hydrogen) atoms. The molecule has 0 unspecified atom stereocenters. The molecule has 106 valence electrons. The molecule has 0 aliphatic carbocycles. The van der Waals surface area contributed by atoms with Crippen LogP contribution in [0.25, 0.3) is 0 Å². The Hall–Kier alpha value is -1.94. The van der Waals surface area contributed by atoms with E-state index in [0.717, 1.165) is 11.3 Å². The van der Waals surface area contributed by atoms with Gasteiger partial charge in [0.25, 0.3) is 0 Å². The fraction of sp³-hybridized carbons (Fsp3) is 0.188. The lowest BCUT2D eigenvalue weighted by Gasteiger charge is -2.11. The number of nitrogens with one attached hydrogen (secondary N) is 1. The summed E-state index contributed by atoms with van der Waals surface area (Å²) in [5.74, 6) is 0. The van der Waals surface area contributed by atoms with Crippen molar-refractivity contribution in [3.63, 3.8) is 0 Å². The van der Waals surface area contributed by atoms with Gasteiger partial charge in [-0.2, -0.15) is 0 Å². The highest BCUT2D eigenvalue weighted by Crippen LogP contribution is 2.28. The zero-order chi connectivity index (χ0) is 14.4. The van der Waals surface area contributed by atoms with Crippen LogP contribution in [0.2, 0.25) is 0 Å². The fourth-order valence-corrected chi connectivity index (χ4v) is 2.47. The first kappa shape index (κ1) is 14.5. The second-order valence-corrected chi connectivity index (χ2v) is 6.93. The number of hydrogen-bond acceptors (Lipinski definition) is 2. The highest BCUT2D eigenvalue weighted by atomic mass is 32.2. The summed E-state index contributed by atoms with van der Waals surface area (Å²) < 4.78 is 5.16. The first-order valence-electron chi connectivity index (χ1n) is 6.40. The van der Waals surface area contributed by atoms with Gasteiger partial charge in [0.05, 0.1) is 0 Å². The largest absolute Gasteiger partial charge is 0.444 e. The first-order valence-corrected chi connectivity index (χ1v) is 8.64. The van der Waals surface area contributed by atoms with E-state index >= 15 is 0 Å². The number of carbonyl (C=O) groups is 1. The number of amides is 1. The van der Waals surface area contributed by atoms with E-state index in [4.69, 9.17) is 4.74 Å². The maximum Gasteiger partial charge on any atom is 0.411 e. The van der Waals surface area contributed by atoms with E-state index in [1.54, 1.807) is 0 Å². The summed E-state index contributed by atoms with van der Waals surface area (Å²) in [4.78, 5) is 13.0. The molecule has 0 bridgehead atoms. The van der Waals surface area contributed by atoms with Gasteiger partial charge in [0.15, 0.2) is 0 Å². The lowest BCUT2D eigenvalue weighted by molar-refractivity contribution is 0.155. The molecule has 0 fully saturated rings. The van der Waals surface area contributed by atoms with Crippen LogP contribution in [0.3, 0.4) is 0 Å². The Kier molecular flexibility index (Phi) is 5.07. The van der Waals surface area contributed by atoms with E-state index in [1.807, 2.05) is 54.6 Å². The third-order valence-corrected chi connectivity index (χ3v) is 4.17. The summed E-state index contributed by atoms with van der Waals surface area (Å²) in [6.07, 6.45) is 3.97. The Morgan fingerprint density at radius 3 is 2.30 bits per heavy atom. The number of ether oxygens (including phenoxy) is 1. The summed E-state index contributed by atoms with van der Waals surface area (Å²) in [5, 5.41) is 2.72. The summed E-state index contributed by atoms with van der Waals surface area (Å²) >= 11 is 0. The summed E-state index contributed by atoms with van der Waals surface area (Å²) in [6.45, 7) is 0.278. The average molecular weight is 289 g/mol. The maximum absolute atomic E-state index is 11.7. The molecule has 0 atom stereocenters. The van der Waals surface area contributed by atoms with E-state index in [1.165, 1.54) is 4.90 Å². The normalized spacial score (nSPS) is 10.8. The lowest BCUT2D eigenvalue weighted by Crippen LogP contribution is -2.13. The van der Waals surface area contributed by atoms with Gasteiger partial charge in [0, 0.05) is 5.69 Å². The Balaban J connectivity index is 1.85. The molecule has 0 aromatic heterocycles. The Labute approximate surface area is 122 Å². The summed E-state index contributed by atoms with van der Waals surface area (Å²) in [6, 6.07) is 17.5. The summed E-state index contributed by atoms with van der Waals surface area (Å²) in [5.41, 5.74) is 1.73. The van der Waals surface area contributed by atoms with Crippen molar-refractivity contribution in [2.45, 2.75) is 11.5 Å². The number of benzene rings is 2. The van der Waals surface area contributed by atoms with E-state index in [-0.39, 0.29) is 17.5 Å². The number of carbonyl (C=O) groups excluding carboxylic acids is 1. The molecule has 4 heteroatoms. The third kappa shape index (κ3) is 4.31. The Bertz CT molecular complexity index is 552. The quantitative estimate of drug-likeness (QED) is 0.833. The second kappa shape index (κ2) is 7.01. The van der Waals surface area contributed by atoms with Crippen molar-refractivity contribution in [3.05, 3.63) is 60.2 Å². The predicted molar refractivity (Wildman–Crippen MR) is 85.8 cm³/mol. The molecule has 3 nitrogen and oxygen atoms in total. The third-order valence-electron chi connectivity index (χ3n) is 2.84. The highest BCUT2D eigenvalue weighted by molar-refractivity contribution is 8.15. The van der Waals surface area contributed by atoms with Crippen molar-refractivity contribution in [1.29, 1.82) is 0 Å². The molecule has 2 rings (SSSR count). The standard InChI is InChI=1S/C16H19NO2S/c1-20(2)15-10-8-14(9-11-15)17-16(18)19-12-13-6-4-3-5-7-13/h3-11,20H,12H2,1-2H3,(H,17,18). The zero-order valence-electron chi connectivity index (χ0n) is 11.7. The van der Waals surface area contributed by atoms with E-state index < -0.39 is 6.09 Å². The molecule has 2 aromatic carbocycles. The second-order valence-electron chi connectivity index (χ2n) is 4.63. The van der Waals surface area contributed by atoms with Crippen molar-refractivity contribution in [3.8, 4) is 0 Å². The molecule has 0 heterocycles. The SMILES string of the molecule is C[SH](C)c1ccc(NC(=O)OCc2ccccc2)cc1. The molecule has 2 aromatic rings. The minimum atomic E-state index is -0.433.